The number of morpholine rings is 1. The number of carbonyl (C=O) groups excluding carboxylic acids is 1. The fourth-order valence-corrected chi connectivity index (χ4v) is 4.81. The van der Waals surface area contributed by atoms with Gasteiger partial charge in [0.05, 0.1) is 39.4 Å². The highest BCUT2D eigenvalue weighted by Gasteiger charge is 2.55. The van der Waals surface area contributed by atoms with E-state index >= 15 is 0 Å². The summed E-state index contributed by atoms with van der Waals surface area (Å²) in [6.07, 6.45) is -5.21. The van der Waals surface area contributed by atoms with Gasteiger partial charge in [0.1, 0.15) is 0 Å². The first-order chi connectivity index (χ1) is 14.9. The zero-order valence-electron chi connectivity index (χ0n) is 16.8. The highest BCUT2D eigenvalue weighted by Crippen LogP contribution is 2.35. The molecule has 2 aromatic carbocycles. The van der Waals surface area contributed by atoms with E-state index in [1.165, 1.54) is 6.07 Å². The molecule has 0 spiro atoms. The molecule has 0 saturated carbocycles. The van der Waals surface area contributed by atoms with Crippen molar-refractivity contribution < 1.29 is 36.2 Å². The van der Waals surface area contributed by atoms with Crippen molar-refractivity contribution in [3.63, 3.8) is 0 Å². The minimum Gasteiger partial charge on any atom is -0.378 e. The largest absolute Gasteiger partial charge is 0.426 e. The van der Waals surface area contributed by atoms with Gasteiger partial charge in [-0.2, -0.15) is 13.2 Å². The third-order valence-electron chi connectivity index (χ3n) is 5.00. The van der Waals surface area contributed by atoms with Crippen molar-refractivity contribution in [3.8, 4) is 0 Å². The fourth-order valence-electron chi connectivity index (χ4n) is 3.01. The lowest BCUT2D eigenvalue weighted by Gasteiger charge is -2.30. The van der Waals surface area contributed by atoms with E-state index in [-0.39, 0.29) is 20.5 Å². The number of anilines is 2. The fraction of sp³-hybridized carbons (Fsp3) is 0.350. The quantitative estimate of drug-likeness (QED) is 0.665. The topological polar surface area (TPSA) is 95.9 Å². The smallest absolute Gasteiger partial charge is 0.378 e. The van der Waals surface area contributed by atoms with Crippen molar-refractivity contribution in [2.24, 2.45) is 0 Å². The number of hydrogen-bond donors (Lipinski definition) is 2. The van der Waals surface area contributed by atoms with Crippen LogP contribution in [0.15, 0.2) is 52.3 Å². The number of amides is 1. The van der Waals surface area contributed by atoms with Crippen molar-refractivity contribution in [2.75, 3.05) is 36.5 Å². The molecule has 12 heteroatoms. The predicted octanol–water partition coefficient (Wildman–Crippen LogP) is 3.26. The lowest BCUT2D eigenvalue weighted by Crippen LogP contribution is -2.52. The maximum Gasteiger partial charge on any atom is 0.426 e. The molecule has 0 aromatic heterocycles. The molecule has 1 unspecified atom stereocenters. The molecule has 2 N–H and O–H groups in total. The number of para-hydroxylation sites is 1. The third-order valence-corrected chi connectivity index (χ3v) is 7.11. The molecule has 1 aliphatic rings. The summed E-state index contributed by atoms with van der Waals surface area (Å²) in [4.78, 5) is 13.6. The minimum absolute atomic E-state index is 0.0368. The van der Waals surface area contributed by atoms with Gasteiger partial charge in [0.2, 0.25) is 15.4 Å². The molecule has 1 amide bonds. The zero-order chi connectivity index (χ0) is 23.7. The van der Waals surface area contributed by atoms with E-state index in [4.69, 9.17) is 16.3 Å². The Morgan fingerprint density at radius 3 is 2.38 bits per heavy atom. The zero-order valence-corrected chi connectivity index (χ0v) is 18.4. The molecule has 3 rings (SSSR count). The number of rotatable bonds is 5. The summed E-state index contributed by atoms with van der Waals surface area (Å²) in [6.45, 7) is 2.24. The average Bonchev–Trinajstić information content (AvgIpc) is 2.74. The van der Waals surface area contributed by atoms with Gasteiger partial charge in [-0.1, -0.05) is 23.7 Å². The lowest BCUT2D eigenvalue weighted by atomic mass is 10.1. The molecule has 32 heavy (non-hydrogen) atoms. The van der Waals surface area contributed by atoms with Crippen LogP contribution in [0, 0.1) is 0 Å². The van der Waals surface area contributed by atoms with Crippen LogP contribution in [0.3, 0.4) is 0 Å². The molecule has 0 aliphatic carbocycles. The molecule has 1 aliphatic heterocycles. The van der Waals surface area contributed by atoms with Gasteiger partial charge in [0, 0.05) is 13.1 Å². The molecule has 1 heterocycles. The third kappa shape index (κ3) is 4.70. The van der Waals surface area contributed by atoms with E-state index in [2.05, 4.69) is 0 Å². The minimum atomic E-state index is -5.21. The molecule has 7 nitrogen and oxygen atoms in total. The van der Waals surface area contributed by atoms with Crippen LogP contribution in [-0.2, 0) is 19.4 Å². The summed E-state index contributed by atoms with van der Waals surface area (Å²) < 4.78 is 70.4. The van der Waals surface area contributed by atoms with Crippen LogP contribution < -0.4 is 10.2 Å². The van der Waals surface area contributed by atoms with Crippen LogP contribution in [0.5, 0.6) is 0 Å². The van der Waals surface area contributed by atoms with Gasteiger partial charge in [-0.25, -0.2) is 8.42 Å². The van der Waals surface area contributed by atoms with Crippen LogP contribution in [0.2, 0.25) is 5.02 Å². The molecule has 2 aromatic rings. The highest BCUT2D eigenvalue weighted by molar-refractivity contribution is 7.91. The molecule has 1 saturated heterocycles. The van der Waals surface area contributed by atoms with Crippen molar-refractivity contribution in [3.05, 3.63) is 47.5 Å². The van der Waals surface area contributed by atoms with Gasteiger partial charge < -0.3 is 20.1 Å². The molecular weight excluding hydrogens is 473 g/mol. The average molecular weight is 493 g/mol. The van der Waals surface area contributed by atoms with Crippen molar-refractivity contribution in [1.29, 1.82) is 0 Å². The summed E-state index contributed by atoms with van der Waals surface area (Å²) >= 11 is 6.05. The summed E-state index contributed by atoms with van der Waals surface area (Å²) in [6, 6.07) is 9.63. The van der Waals surface area contributed by atoms with Gasteiger partial charge >= 0.3 is 6.18 Å². The van der Waals surface area contributed by atoms with Gasteiger partial charge in [0.15, 0.2) is 0 Å². The molecule has 0 radical (unpaired) electrons. The number of halogens is 4. The second-order valence-corrected chi connectivity index (χ2v) is 9.56. The number of benzene rings is 2. The van der Waals surface area contributed by atoms with Gasteiger partial charge in [0.25, 0.3) is 5.91 Å². The number of ether oxygens (including phenoxy) is 1. The van der Waals surface area contributed by atoms with E-state index < -0.39 is 27.5 Å². The molecule has 174 valence electrons. The van der Waals surface area contributed by atoms with Crippen LogP contribution >= 0.6 is 11.6 Å². The Kier molecular flexibility index (Phi) is 6.75. The normalized spacial score (nSPS) is 17.0. The van der Waals surface area contributed by atoms with Gasteiger partial charge in [-0.15, -0.1) is 0 Å². The number of nitrogens with one attached hydrogen (secondary N) is 1. The predicted molar refractivity (Wildman–Crippen MR) is 112 cm³/mol. The van der Waals surface area contributed by atoms with Gasteiger partial charge in [-0.3, -0.25) is 4.79 Å². The van der Waals surface area contributed by atoms with Crippen molar-refractivity contribution >= 4 is 38.7 Å². The molecular formula is C20H20ClF3N2O5S. The summed E-state index contributed by atoms with van der Waals surface area (Å²) in [5.74, 6) is -1.75. The SMILES string of the molecule is CC(O)(C(=O)Nc1ccc(S(=O)(=O)c2ccccc2N2CCOCC2)cc1Cl)C(F)(F)F. The van der Waals surface area contributed by atoms with Crippen LogP contribution in [0.1, 0.15) is 6.92 Å². The number of sulfone groups is 1. The monoisotopic (exact) mass is 492 g/mol. The molecule has 0 bridgehead atoms. The summed E-state index contributed by atoms with van der Waals surface area (Å²) in [5.41, 5.74) is -3.44. The molecule has 1 atom stereocenters. The van der Waals surface area contributed by atoms with Crippen molar-refractivity contribution in [2.45, 2.75) is 28.5 Å². The number of nitrogens with zero attached hydrogens (tertiary/aromatic N) is 1. The van der Waals surface area contributed by atoms with E-state index in [9.17, 15) is 31.5 Å². The number of hydrogen-bond acceptors (Lipinski definition) is 6. The second-order valence-electron chi connectivity index (χ2n) is 7.24. The first kappa shape index (κ1) is 24.3. The Balaban J connectivity index is 1.92. The number of carbonyl (C=O) groups is 1. The summed E-state index contributed by atoms with van der Waals surface area (Å²) in [7, 11) is -4.05. The second kappa shape index (κ2) is 8.89. The maximum atomic E-state index is 13.3. The lowest BCUT2D eigenvalue weighted by molar-refractivity contribution is -0.242. The van der Waals surface area contributed by atoms with Gasteiger partial charge in [-0.05, 0) is 37.3 Å². The first-order valence-electron chi connectivity index (χ1n) is 9.42. The Morgan fingerprint density at radius 1 is 1.16 bits per heavy atom. The van der Waals surface area contributed by atoms with E-state index in [1.807, 2.05) is 10.2 Å². The van der Waals surface area contributed by atoms with E-state index in [1.54, 1.807) is 18.2 Å². The van der Waals surface area contributed by atoms with Crippen LogP contribution in [-0.4, -0.2) is 57.5 Å². The van der Waals surface area contributed by atoms with E-state index in [0.717, 1.165) is 18.2 Å². The Morgan fingerprint density at radius 2 is 1.78 bits per heavy atom. The first-order valence-corrected chi connectivity index (χ1v) is 11.3. The summed E-state index contributed by atoms with van der Waals surface area (Å²) in [5, 5.41) is 11.0. The number of aliphatic hydroxyl groups is 1. The maximum absolute atomic E-state index is 13.3. The Labute approximate surface area is 187 Å². The standard InChI is InChI=1S/C20H20ClF3N2O5S/c1-19(28,20(22,23)24)18(27)25-15-7-6-13(12-14(15)21)32(29,30)17-5-3-2-4-16(17)26-8-10-31-11-9-26/h2-7,12,28H,8-11H2,1H3,(H,25,27). The Bertz CT molecular complexity index is 1120. The highest BCUT2D eigenvalue weighted by atomic mass is 35.5. The van der Waals surface area contributed by atoms with Crippen molar-refractivity contribution in [1.82, 2.24) is 0 Å². The molecule has 1 fully saturated rings. The van der Waals surface area contributed by atoms with E-state index in [0.29, 0.717) is 38.9 Å². The van der Waals surface area contributed by atoms with Crippen LogP contribution in [0.25, 0.3) is 0 Å². The number of alkyl halides is 3. The van der Waals surface area contributed by atoms with Crippen LogP contribution in [0.4, 0.5) is 24.5 Å². The Hall–Kier alpha value is -2.34.